The Bertz CT molecular complexity index is 1220. The molecule has 2 aliphatic heterocycles. The molecule has 2 aliphatic rings. The Kier molecular flexibility index (Phi) is 6.06. The summed E-state index contributed by atoms with van der Waals surface area (Å²) in [5.74, 6) is -1.53. The van der Waals surface area contributed by atoms with Crippen LogP contribution in [0.5, 0.6) is 5.88 Å². The Morgan fingerprint density at radius 2 is 2.12 bits per heavy atom. The minimum absolute atomic E-state index is 0.0153. The second-order valence-electron chi connectivity index (χ2n) is 8.15. The summed E-state index contributed by atoms with van der Waals surface area (Å²) in [6, 6.07) is 3.84. The number of ether oxygens (including phenoxy) is 2. The zero-order valence-electron chi connectivity index (χ0n) is 18.0. The van der Waals surface area contributed by atoms with Crippen molar-refractivity contribution in [3.63, 3.8) is 0 Å². The number of aromatic nitrogens is 2. The van der Waals surface area contributed by atoms with E-state index in [0.717, 1.165) is 16.4 Å². The van der Waals surface area contributed by atoms with Gasteiger partial charge < -0.3 is 15.2 Å². The molecule has 0 aliphatic carbocycles. The van der Waals surface area contributed by atoms with Gasteiger partial charge in [0.05, 0.1) is 38.0 Å². The molecule has 2 aromatic rings. The van der Waals surface area contributed by atoms with Gasteiger partial charge in [-0.05, 0) is 30.7 Å². The summed E-state index contributed by atoms with van der Waals surface area (Å²) in [5.41, 5.74) is 4.52. The van der Waals surface area contributed by atoms with Crippen LogP contribution in [-0.2, 0) is 20.3 Å². The molecule has 1 fully saturated rings. The maximum absolute atomic E-state index is 14.8. The lowest BCUT2D eigenvalue weighted by atomic mass is 9.92. The Balaban J connectivity index is 1.57. The quantitative estimate of drug-likeness (QED) is 0.672. The number of sulfonamides is 1. The van der Waals surface area contributed by atoms with E-state index in [-0.39, 0.29) is 23.1 Å². The molecule has 1 aromatic heterocycles. The van der Waals surface area contributed by atoms with Gasteiger partial charge in [0.1, 0.15) is 17.1 Å². The highest BCUT2D eigenvalue weighted by Gasteiger charge is 2.41. The summed E-state index contributed by atoms with van der Waals surface area (Å²) >= 11 is 0. The van der Waals surface area contributed by atoms with Gasteiger partial charge >= 0.3 is 0 Å². The third kappa shape index (κ3) is 4.81. The molecule has 33 heavy (non-hydrogen) atoms. The normalized spacial score (nSPS) is 23.1. The van der Waals surface area contributed by atoms with Crippen LogP contribution in [0.2, 0.25) is 0 Å². The highest BCUT2D eigenvalue weighted by atomic mass is 32.2. The molecule has 1 aromatic carbocycles. The molecule has 4 rings (SSSR count). The van der Waals surface area contributed by atoms with Crippen LogP contribution >= 0.6 is 0 Å². The van der Waals surface area contributed by atoms with Gasteiger partial charge in [0.25, 0.3) is 0 Å². The fourth-order valence-corrected chi connectivity index (χ4v) is 4.90. The van der Waals surface area contributed by atoms with E-state index in [4.69, 9.17) is 15.2 Å². The maximum atomic E-state index is 14.8. The van der Waals surface area contributed by atoms with Gasteiger partial charge in [-0.1, -0.05) is 6.07 Å². The van der Waals surface area contributed by atoms with Gasteiger partial charge in [0.2, 0.25) is 21.9 Å². The van der Waals surface area contributed by atoms with Crippen molar-refractivity contribution in [2.75, 3.05) is 32.6 Å². The van der Waals surface area contributed by atoms with Crippen LogP contribution in [0, 0.1) is 11.7 Å². The Hall–Kier alpha value is -3.12. The standard InChI is InChI=1S/C21H23F2N5O4S/c1-21(12-33(29,30)28(2)20(24)27-21)15-5-13(3-4-16(15)22)6-17(23)18-7-26-19(8-25-18)32-11-14-9-31-10-14/h3-8,14H,9-12H2,1-2H3,(H2,24,27). The molecular weight excluding hydrogens is 456 g/mol. The lowest BCUT2D eigenvalue weighted by molar-refractivity contribution is -0.0514. The highest BCUT2D eigenvalue weighted by Crippen LogP contribution is 2.34. The fourth-order valence-electron chi connectivity index (χ4n) is 3.45. The molecule has 1 unspecified atom stereocenters. The van der Waals surface area contributed by atoms with E-state index in [1.54, 1.807) is 0 Å². The first-order chi connectivity index (χ1) is 15.6. The number of aliphatic imine (C=N–C) groups is 1. The van der Waals surface area contributed by atoms with E-state index < -0.39 is 33.0 Å². The number of halogens is 2. The van der Waals surface area contributed by atoms with Gasteiger partial charge in [-0.3, -0.25) is 0 Å². The molecule has 0 radical (unpaired) electrons. The van der Waals surface area contributed by atoms with Crippen molar-refractivity contribution in [3.8, 4) is 5.88 Å². The first kappa shape index (κ1) is 23.1. The van der Waals surface area contributed by atoms with Crippen molar-refractivity contribution in [2.24, 2.45) is 16.6 Å². The Morgan fingerprint density at radius 1 is 1.36 bits per heavy atom. The molecule has 9 nitrogen and oxygen atoms in total. The van der Waals surface area contributed by atoms with Crippen molar-refractivity contribution in [2.45, 2.75) is 12.5 Å². The zero-order chi connectivity index (χ0) is 23.8. The predicted octanol–water partition coefficient (Wildman–Crippen LogP) is 1.91. The summed E-state index contributed by atoms with van der Waals surface area (Å²) in [6.07, 6.45) is 3.71. The number of hydrogen-bond acceptors (Lipinski definition) is 8. The number of benzene rings is 1. The second-order valence-corrected chi connectivity index (χ2v) is 10.2. The van der Waals surface area contributed by atoms with Crippen LogP contribution < -0.4 is 10.5 Å². The molecule has 0 spiro atoms. The van der Waals surface area contributed by atoms with E-state index in [1.807, 2.05) is 0 Å². The van der Waals surface area contributed by atoms with Crippen molar-refractivity contribution in [1.82, 2.24) is 14.3 Å². The number of hydrogen-bond donors (Lipinski definition) is 1. The first-order valence-electron chi connectivity index (χ1n) is 10.1. The van der Waals surface area contributed by atoms with Crippen molar-refractivity contribution in [1.29, 1.82) is 0 Å². The molecule has 3 heterocycles. The van der Waals surface area contributed by atoms with Crippen LogP contribution in [-0.4, -0.2) is 61.3 Å². The maximum Gasteiger partial charge on any atom is 0.239 e. The smallest absolute Gasteiger partial charge is 0.239 e. The van der Waals surface area contributed by atoms with Gasteiger partial charge in [-0.15, -0.1) is 0 Å². The Morgan fingerprint density at radius 3 is 2.73 bits per heavy atom. The monoisotopic (exact) mass is 479 g/mol. The van der Waals surface area contributed by atoms with Crippen molar-refractivity contribution < 1.29 is 26.7 Å². The van der Waals surface area contributed by atoms with Crippen LogP contribution in [0.1, 0.15) is 23.7 Å². The molecular formula is C21H23F2N5O4S. The van der Waals surface area contributed by atoms with E-state index in [2.05, 4.69) is 15.0 Å². The summed E-state index contributed by atoms with van der Waals surface area (Å²) in [5, 5.41) is 0. The summed E-state index contributed by atoms with van der Waals surface area (Å²) < 4.78 is 65.7. The zero-order valence-corrected chi connectivity index (χ0v) is 18.8. The second kappa shape index (κ2) is 8.67. The average molecular weight is 480 g/mol. The summed E-state index contributed by atoms with van der Waals surface area (Å²) in [6.45, 7) is 3.19. The van der Waals surface area contributed by atoms with Crippen LogP contribution in [0.4, 0.5) is 8.78 Å². The van der Waals surface area contributed by atoms with E-state index in [9.17, 15) is 17.2 Å². The van der Waals surface area contributed by atoms with Gasteiger partial charge in [-0.25, -0.2) is 36.5 Å². The number of rotatable bonds is 6. The molecule has 176 valence electrons. The largest absolute Gasteiger partial charge is 0.476 e. The molecule has 1 atom stereocenters. The minimum Gasteiger partial charge on any atom is -0.476 e. The van der Waals surface area contributed by atoms with Crippen LogP contribution in [0.3, 0.4) is 0 Å². The van der Waals surface area contributed by atoms with Gasteiger partial charge in [0, 0.05) is 18.5 Å². The molecule has 2 N–H and O–H groups in total. The molecule has 12 heteroatoms. The first-order valence-corrected chi connectivity index (χ1v) is 11.7. The van der Waals surface area contributed by atoms with E-state index in [1.165, 1.54) is 38.5 Å². The van der Waals surface area contributed by atoms with Crippen LogP contribution in [0.15, 0.2) is 35.6 Å². The minimum atomic E-state index is -3.79. The lowest BCUT2D eigenvalue weighted by Crippen LogP contribution is -2.50. The van der Waals surface area contributed by atoms with E-state index in [0.29, 0.717) is 31.3 Å². The number of nitrogens with zero attached hydrogens (tertiary/aromatic N) is 4. The lowest BCUT2D eigenvalue weighted by Gasteiger charge is -2.34. The third-order valence-electron chi connectivity index (χ3n) is 5.48. The van der Waals surface area contributed by atoms with Gasteiger partial charge in [-0.2, -0.15) is 0 Å². The fraction of sp³-hybridized carbons (Fsp3) is 0.381. The van der Waals surface area contributed by atoms with Gasteiger partial charge in [0.15, 0.2) is 5.83 Å². The molecule has 0 saturated carbocycles. The van der Waals surface area contributed by atoms with Crippen LogP contribution in [0.25, 0.3) is 11.9 Å². The van der Waals surface area contributed by atoms with Crippen molar-refractivity contribution in [3.05, 3.63) is 53.2 Å². The summed E-state index contributed by atoms with van der Waals surface area (Å²) in [7, 11) is -2.51. The SMILES string of the molecule is CN1C(N)=NC(C)(c2cc(C=C(F)c3cnc(OCC4COC4)cn3)ccc2F)CS1(=O)=O. The topological polar surface area (TPSA) is 120 Å². The Labute approximate surface area is 190 Å². The highest BCUT2D eigenvalue weighted by molar-refractivity contribution is 7.89. The summed E-state index contributed by atoms with van der Waals surface area (Å²) in [4.78, 5) is 12.3. The number of guanidine groups is 1. The third-order valence-corrected chi connectivity index (χ3v) is 7.42. The predicted molar refractivity (Wildman–Crippen MR) is 118 cm³/mol. The number of nitrogens with two attached hydrogens (primary N) is 1. The van der Waals surface area contributed by atoms with E-state index >= 15 is 0 Å². The van der Waals surface area contributed by atoms with Crippen molar-refractivity contribution >= 4 is 27.9 Å². The molecule has 0 amide bonds. The molecule has 1 saturated heterocycles. The average Bonchev–Trinajstić information content (AvgIpc) is 2.72. The molecule has 0 bridgehead atoms.